The molecule has 6 heteroatoms. The van der Waals surface area contributed by atoms with Crippen molar-refractivity contribution in [2.45, 2.75) is 0 Å². The average Bonchev–Trinajstić information content (AvgIpc) is 1.67. The van der Waals surface area contributed by atoms with Gasteiger partial charge in [-0.05, 0) is 22.6 Å². The van der Waals surface area contributed by atoms with E-state index in [1.165, 1.54) is 0 Å². The third-order valence-electron chi connectivity index (χ3n) is 0.352. The molecule has 0 N–H and O–H groups in total. The van der Waals surface area contributed by atoms with E-state index in [1.807, 2.05) is 0 Å². The van der Waals surface area contributed by atoms with E-state index in [1.54, 1.807) is 22.6 Å². The van der Waals surface area contributed by atoms with Crippen LogP contribution in [0, 0.1) is 0 Å². The van der Waals surface area contributed by atoms with Crippen LogP contribution in [-0.4, -0.2) is 16.6 Å². The van der Waals surface area contributed by atoms with Gasteiger partial charge in [0.05, 0.1) is 0 Å². The van der Waals surface area contributed by atoms with Gasteiger partial charge in [-0.1, -0.05) is 0 Å². The molecule has 0 saturated carbocycles. The molecule has 0 aliphatic rings. The van der Waals surface area contributed by atoms with Gasteiger partial charge >= 0.3 is 35.5 Å². The molecule has 0 saturated heterocycles. The molecule has 0 aromatic heterocycles. The zero-order valence-electron chi connectivity index (χ0n) is 4.72. The van der Waals surface area contributed by atoms with Crippen molar-refractivity contribution in [3.8, 4) is 0 Å². The molecule has 0 unspecified atom stereocenters. The van der Waals surface area contributed by atoms with Gasteiger partial charge in [0.1, 0.15) is 4.61 Å². The molecule has 46 valence electrons. The molecule has 0 aromatic carbocycles. The molecule has 0 bridgehead atoms. The summed E-state index contributed by atoms with van der Waals surface area (Å²) in [6.07, 6.45) is 0. The monoisotopic (exact) mass is 252 g/mol. The molecule has 0 fully saturated rings. The van der Waals surface area contributed by atoms with Crippen LogP contribution in [0.3, 0.4) is 0 Å². The molecule has 4 nitrogen and oxygen atoms in total. The van der Waals surface area contributed by atoms with Gasteiger partial charge in [-0.2, -0.15) is 0 Å². The van der Waals surface area contributed by atoms with Gasteiger partial charge in [0.15, 0.2) is 5.97 Å². The Hall–Kier alpha value is 0.670. The van der Waals surface area contributed by atoms with E-state index in [4.69, 9.17) is 0 Å². The fraction of sp³-hybridized carbons (Fsp3) is 0.333. The van der Waals surface area contributed by atoms with Crippen LogP contribution < -0.4 is 34.7 Å². The number of carboxylic acids is 1. The summed E-state index contributed by atoms with van der Waals surface area (Å²) < 4.78 is 4.02. The van der Waals surface area contributed by atoms with Crippen molar-refractivity contribution in [2.24, 2.45) is 0 Å². The van der Waals surface area contributed by atoms with E-state index in [0.29, 0.717) is 0 Å². The quantitative estimate of drug-likeness (QED) is 0.156. The number of hydrogen-bond acceptors (Lipinski definition) is 4. The summed E-state index contributed by atoms with van der Waals surface area (Å²) in [5.74, 6) is -3.12. The fourth-order valence-electron chi connectivity index (χ4n) is 0.108. The van der Waals surface area contributed by atoms with Gasteiger partial charge in [0.25, 0.3) is 0 Å². The van der Waals surface area contributed by atoms with Crippen molar-refractivity contribution in [1.29, 1.82) is 0 Å². The van der Waals surface area contributed by atoms with Gasteiger partial charge in [-0.3, -0.25) is 0 Å². The topological polar surface area (TPSA) is 66.4 Å². The molecular formula is C3H2INaO4. The summed E-state index contributed by atoms with van der Waals surface area (Å²) in [4.78, 5) is 19.4. The van der Waals surface area contributed by atoms with Gasteiger partial charge in [0.2, 0.25) is 0 Å². The summed E-state index contributed by atoms with van der Waals surface area (Å²) in [5.41, 5.74) is 0. The number of carboxylic acid groups (broad SMARTS) is 1. The normalized spacial score (nSPS) is 7.22. The van der Waals surface area contributed by atoms with E-state index in [-0.39, 0.29) is 34.2 Å². The Morgan fingerprint density at radius 1 is 1.56 bits per heavy atom. The largest absolute Gasteiger partial charge is 1.00 e. The van der Waals surface area contributed by atoms with E-state index in [9.17, 15) is 14.7 Å². The molecule has 0 aliphatic carbocycles. The molecule has 0 aromatic rings. The van der Waals surface area contributed by atoms with Gasteiger partial charge in [-0.15, -0.1) is 0 Å². The molecule has 0 radical (unpaired) electrons. The molecule has 0 atom stereocenters. The number of halogens is 1. The van der Waals surface area contributed by atoms with Gasteiger partial charge < -0.3 is 14.6 Å². The molecule has 0 heterocycles. The number of carbonyl (C=O) groups excluding carboxylic acids is 2. The second kappa shape index (κ2) is 6.79. The third kappa shape index (κ3) is 6.56. The Labute approximate surface area is 87.4 Å². The predicted molar refractivity (Wildman–Crippen MR) is 30.0 cm³/mol. The van der Waals surface area contributed by atoms with Crippen molar-refractivity contribution in [1.82, 2.24) is 0 Å². The number of ether oxygens (including phenoxy) is 1. The van der Waals surface area contributed by atoms with Crippen molar-refractivity contribution in [3.63, 3.8) is 0 Å². The van der Waals surface area contributed by atoms with Crippen molar-refractivity contribution in [2.75, 3.05) is 4.61 Å². The predicted octanol–water partition coefficient (Wildman–Crippen LogP) is -4.32. The number of hydrogen-bond donors (Lipinski definition) is 0. The standard InChI is InChI=1S/C3H3IO4.Na/c4-1-8-3(7)2(5)6;/h1H2,(H,5,6);/q;+1/p-1. The fourth-order valence-corrected chi connectivity index (χ4v) is 0.391. The zero-order valence-corrected chi connectivity index (χ0v) is 8.88. The summed E-state index contributed by atoms with van der Waals surface area (Å²) in [6.45, 7) is 0. The van der Waals surface area contributed by atoms with Crippen LogP contribution >= 0.6 is 22.6 Å². The SMILES string of the molecule is O=C([O-])C(=O)OCI.[Na+]. The number of alkyl halides is 1. The Morgan fingerprint density at radius 3 is 2.11 bits per heavy atom. The summed E-state index contributed by atoms with van der Waals surface area (Å²) >= 11 is 1.70. The van der Waals surface area contributed by atoms with E-state index >= 15 is 0 Å². The Kier molecular flexibility index (Phi) is 9.32. The number of esters is 1. The maximum absolute atomic E-state index is 9.85. The van der Waals surface area contributed by atoms with Crippen molar-refractivity contribution >= 4 is 34.5 Å². The van der Waals surface area contributed by atoms with Crippen molar-refractivity contribution in [3.05, 3.63) is 0 Å². The van der Waals surface area contributed by atoms with Gasteiger partial charge in [0, 0.05) is 0 Å². The first kappa shape index (κ1) is 12.4. The molecule has 0 spiro atoms. The zero-order chi connectivity index (χ0) is 6.57. The number of rotatable bonds is 1. The van der Waals surface area contributed by atoms with Crippen LogP contribution in [0.4, 0.5) is 0 Å². The van der Waals surface area contributed by atoms with Crippen LogP contribution in [0.2, 0.25) is 0 Å². The summed E-state index contributed by atoms with van der Waals surface area (Å²) in [5, 5.41) is 9.50. The van der Waals surface area contributed by atoms with Gasteiger partial charge in [-0.25, -0.2) is 4.79 Å². The van der Waals surface area contributed by atoms with Crippen LogP contribution in [0.5, 0.6) is 0 Å². The minimum absolute atomic E-state index is 0. The molecule has 0 rings (SSSR count). The van der Waals surface area contributed by atoms with Crippen LogP contribution in [0.25, 0.3) is 0 Å². The third-order valence-corrected chi connectivity index (χ3v) is 0.664. The first-order valence-corrected chi connectivity index (χ1v) is 3.15. The Morgan fingerprint density at radius 2 is 2.00 bits per heavy atom. The summed E-state index contributed by atoms with van der Waals surface area (Å²) in [6, 6.07) is 0. The molecular weight excluding hydrogens is 250 g/mol. The molecule has 0 aliphatic heterocycles. The first-order valence-electron chi connectivity index (χ1n) is 1.62. The minimum Gasteiger partial charge on any atom is -0.539 e. The maximum atomic E-state index is 9.85. The summed E-state index contributed by atoms with van der Waals surface area (Å²) in [7, 11) is 0. The van der Waals surface area contributed by atoms with E-state index < -0.39 is 11.9 Å². The molecule has 0 amide bonds. The van der Waals surface area contributed by atoms with Crippen LogP contribution in [0.15, 0.2) is 0 Å². The minimum atomic E-state index is -1.80. The molecule has 9 heavy (non-hydrogen) atoms. The maximum Gasteiger partial charge on any atom is 1.00 e. The number of aliphatic carboxylic acids is 1. The average molecular weight is 252 g/mol. The van der Waals surface area contributed by atoms with Crippen LogP contribution in [0.1, 0.15) is 0 Å². The number of carbonyl (C=O) groups is 2. The second-order valence-electron chi connectivity index (χ2n) is 0.828. The Bertz CT molecular complexity index is 114. The van der Waals surface area contributed by atoms with Crippen LogP contribution in [-0.2, 0) is 14.3 Å². The van der Waals surface area contributed by atoms with E-state index in [0.717, 1.165) is 0 Å². The smallest absolute Gasteiger partial charge is 0.539 e. The first-order chi connectivity index (χ1) is 3.68. The van der Waals surface area contributed by atoms with E-state index in [2.05, 4.69) is 4.74 Å². The second-order valence-corrected chi connectivity index (χ2v) is 1.45. The van der Waals surface area contributed by atoms with Crippen molar-refractivity contribution < 1.29 is 49.0 Å². The Balaban J connectivity index is 0.